The summed E-state index contributed by atoms with van der Waals surface area (Å²) >= 11 is 0. The van der Waals surface area contributed by atoms with Crippen LogP contribution in [0, 0.1) is 0 Å². The van der Waals surface area contributed by atoms with Crippen LogP contribution >= 0.6 is 0 Å². The van der Waals surface area contributed by atoms with Crippen LogP contribution < -0.4 is 19.5 Å². The minimum atomic E-state index is -0.517. The molecule has 144 valence electrons. The van der Waals surface area contributed by atoms with Crippen molar-refractivity contribution in [2.24, 2.45) is 4.99 Å². The van der Waals surface area contributed by atoms with Gasteiger partial charge in [0.1, 0.15) is 11.9 Å². The van der Waals surface area contributed by atoms with E-state index < -0.39 is 6.04 Å². The topological polar surface area (TPSA) is 84.9 Å². The third kappa shape index (κ3) is 3.05. The van der Waals surface area contributed by atoms with E-state index in [0.29, 0.717) is 35.2 Å². The molecule has 4 rings (SSSR count). The summed E-state index contributed by atoms with van der Waals surface area (Å²) in [6.07, 6.45) is 1.90. The fourth-order valence-corrected chi connectivity index (χ4v) is 3.38. The zero-order chi connectivity index (χ0) is 19.7. The van der Waals surface area contributed by atoms with Crippen LogP contribution in [0.1, 0.15) is 15.9 Å². The van der Waals surface area contributed by atoms with Crippen molar-refractivity contribution in [2.45, 2.75) is 6.04 Å². The molecule has 1 aliphatic rings. The van der Waals surface area contributed by atoms with Gasteiger partial charge in [-0.05, 0) is 29.7 Å². The number of nitrogens with zero attached hydrogens (tertiary/aromatic N) is 1. The Labute approximate surface area is 162 Å². The lowest BCUT2D eigenvalue weighted by Gasteiger charge is -2.14. The van der Waals surface area contributed by atoms with Crippen LogP contribution in [0.5, 0.6) is 17.2 Å². The highest BCUT2D eigenvalue weighted by atomic mass is 16.5. The quantitative estimate of drug-likeness (QED) is 0.644. The van der Waals surface area contributed by atoms with Crippen LogP contribution in [0.25, 0.3) is 10.9 Å². The molecule has 2 aromatic carbocycles. The summed E-state index contributed by atoms with van der Waals surface area (Å²) < 4.78 is 16.0. The van der Waals surface area contributed by atoms with Gasteiger partial charge in [-0.25, -0.2) is 0 Å². The lowest BCUT2D eigenvalue weighted by molar-refractivity contribution is 0.0966. The smallest absolute Gasteiger partial charge is 0.203 e. The molecule has 0 bridgehead atoms. The average molecular weight is 379 g/mol. The van der Waals surface area contributed by atoms with E-state index in [2.05, 4.69) is 15.3 Å². The molecule has 0 spiro atoms. The molecule has 1 unspecified atom stereocenters. The third-order valence-corrected chi connectivity index (χ3v) is 4.83. The molecule has 2 N–H and O–H groups in total. The minimum absolute atomic E-state index is 0.109. The van der Waals surface area contributed by atoms with Crippen molar-refractivity contribution in [3.8, 4) is 17.2 Å². The van der Waals surface area contributed by atoms with Gasteiger partial charge in [0.2, 0.25) is 5.75 Å². The number of fused-ring (bicyclic) bond motifs is 1. The number of aromatic amines is 1. The van der Waals surface area contributed by atoms with Gasteiger partial charge in [-0.1, -0.05) is 12.1 Å². The maximum atomic E-state index is 13.0. The van der Waals surface area contributed by atoms with E-state index in [1.54, 1.807) is 12.1 Å². The number of ketones is 1. The van der Waals surface area contributed by atoms with E-state index in [4.69, 9.17) is 14.2 Å². The van der Waals surface area contributed by atoms with Gasteiger partial charge >= 0.3 is 0 Å². The number of H-pyrrole nitrogens is 1. The van der Waals surface area contributed by atoms with Crippen molar-refractivity contribution in [2.75, 3.05) is 27.9 Å². The Kier molecular flexibility index (Phi) is 4.65. The van der Waals surface area contributed by atoms with E-state index >= 15 is 0 Å². The standard InChI is InChI=1S/C21H21N3O4/c1-26-17-9-14(10-18(27-2)20(17)28-3)19(25)16-11-23-21(24-16)13-5-4-12-6-7-22-15(12)8-13/h4-10,16,22H,11H2,1-3H3,(H,23,24). The van der Waals surface area contributed by atoms with Crippen molar-refractivity contribution in [3.63, 3.8) is 0 Å². The largest absolute Gasteiger partial charge is 0.493 e. The number of hydrogen-bond acceptors (Lipinski definition) is 6. The number of carbonyl (C=O) groups excluding carboxylic acids is 1. The van der Waals surface area contributed by atoms with Gasteiger partial charge in [-0.15, -0.1) is 0 Å². The maximum Gasteiger partial charge on any atom is 0.203 e. The molecular formula is C21H21N3O4. The molecule has 1 aromatic heterocycles. The van der Waals surface area contributed by atoms with E-state index in [1.807, 2.05) is 30.5 Å². The van der Waals surface area contributed by atoms with Crippen LogP contribution in [-0.4, -0.2) is 50.5 Å². The summed E-state index contributed by atoms with van der Waals surface area (Å²) in [7, 11) is 4.58. The second-order valence-electron chi connectivity index (χ2n) is 6.43. The van der Waals surface area contributed by atoms with Gasteiger partial charge in [-0.3, -0.25) is 9.79 Å². The Morgan fingerprint density at radius 2 is 1.79 bits per heavy atom. The number of ether oxygens (including phenoxy) is 3. The van der Waals surface area contributed by atoms with Crippen molar-refractivity contribution < 1.29 is 19.0 Å². The van der Waals surface area contributed by atoms with Crippen molar-refractivity contribution in [1.29, 1.82) is 0 Å². The molecule has 0 aliphatic carbocycles. The number of carbonyl (C=O) groups is 1. The Balaban J connectivity index is 1.63. The number of hydrogen-bond donors (Lipinski definition) is 2. The first-order chi connectivity index (χ1) is 13.6. The highest BCUT2D eigenvalue weighted by Gasteiger charge is 2.27. The van der Waals surface area contributed by atoms with E-state index in [9.17, 15) is 4.79 Å². The van der Waals surface area contributed by atoms with Crippen LogP contribution in [0.3, 0.4) is 0 Å². The lowest BCUT2D eigenvalue weighted by Crippen LogP contribution is -2.26. The first kappa shape index (κ1) is 17.9. The summed E-state index contributed by atoms with van der Waals surface area (Å²) in [5.41, 5.74) is 2.43. The third-order valence-electron chi connectivity index (χ3n) is 4.83. The van der Waals surface area contributed by atoms with E-state index in [1.165, 1.54) is 21.3 Å². The predicted molar refractivity (Wildman–Crippen MR) is 107 cm³/mol. The number of rotatable bonds is 6. The predicted octanol–water partition coefficient (Wildman–Crippen LogP) is 2.80. The molecule has 1 atom stereocenters. The molecule has 1 aliphatic heterocycles. The highest BCUT2D eigenvalue weighted by molar-refractivity contribution is 6.08. The number of methoxy groups -OCH3 is 3. The zero-order valence-corrected chi connectivity index (χ0v) is 15.9. The number of Topliss-reactive ketones (excluding diaryl/α,β-unsaturated/α-hetero) is 1. The van der Waals surface area contributed by atoms with Gasteiger partial charge in [-0.2, -0.15) is 0 Å². The van der Waals surface area contributed by atoms with Crippen LogP contribution in [0.15, 0.2) is 47.6 Å². The number of nitrogens with one attached hydrogen (secondary N) is 2. The molecule has 7 nitrogen and oxygen atoms in total. The first-order valence-corrected chi connectivity index (χ1v) is 8.88. The highest BCUT2D eigenvalue weighted by Crippen LogP contribution is 2.38. The monoisotopic (exact) mass is 379 g/mol. The molecule has 0 fully saturated rings. The second kappa shape index (κ2) is 7.26. The molecular weight excluding hydrogens is 358 g/mol. The van der Waals surface area contributed by atoms with Crippen LogP contribution in [-0.2, 0) is 0 Å². The second-order valence-corrected chi connectivity index (χ2v) is 6.43. The Hall–Kier alpha value is -3.48. The SMILES string of the molecule is COc1cc(C(=O)C2CNC(c3ccc4cc[nH]c4c3)=N2)cc(OC)c1OC. The molecule has 28 heavy (non-hydrogen) atoms. The summed E-state index contributed by atoms with van der Waals surface area (Å²) in [5.74, 6) is 1.94. The van der Waals surface area contributed by atoms with Gasteiger partial charge in [0.25, 0.3) is 0 Å². The molecule has 3 aromatic rings. The van der Waals surface area contributed by atoms with Gasteiger partial charge in [0, 0.05) is 29.4 Å². The minimum Gasteiger partial charge on any atom is -0.493 e. The molecule has 0 amide bonds. The maximum absolute atomic E-state index is 13.0. The van der Waals surface area contributed by atoms with Crippen LogP contribution in [0.2, 0.25) is 0 Å². The van der Waals surface area contributed by atoms with Crippen molar-refractivity contribution in [3.05, 3.63) is 53.7 Å². The van der Waals surface area contributed by atoms with Gasteiger partial charge in [0.15, 0.2) is 17.3 Å². The number of aliphatic imine (C=N–C) groups is 1. The van der Waals surface area contributed by atoms with Crippen molar-refractivity contribution in [1.82, 2.24) is 10.3 Å². The number of benzene rings is 2. The fraction of sp³-hybridized carbons (Fsp3) is 0.238. The Bertz CT molecular complexity index is 1050. The first-order valence-electron chi connectivity index (χ1n) is 8.88. The summed E-state index contributed by atoms with van der Waals surface area (Å²) in [5, 5.41) is 4.37. The summed E-state index contributed by atoms with van der Waals surface area (Å²) in [6.45, 7) is 0.438. The molecule has 0 radical (unpaired) electrons. The molecule has 7 heteroatoms. The van der Waals surface area contributed by atoms with Crippen LogP contribution in [0.4, 0.5) is 0 Å². The average Bonchev–Trinajstić information content (AvgIpc) is 3.40. The molecule has 0 saturated carbocycles. The molecule has 0 saturated heterocycles. The summed E-state index contributed by atoms with van der Waals surface area (Å²) in [4.78, 5) is 20.8. The zero-order valence-electron chi connectivity index (χ0n) is 15.9. The fourth-order valence-electron chi connectivity index (χ4n) is 3.38. The Morgan fingerprint density at radius 1 is 1.04 bits per heavy atom. The van der Waals surface area contributed by atoms with Gasteiger partial charge in [0.05, 0.1) is 21.3 Å². The molecule has 2 heterocycles. The summed E-state index contributed by atoms with van der Waals surface area (Å²) in [6, 6.07) is 10.9. The normalized spacial score (nSPS) is 15.8. The van der Waals surface area contributed by atoms with Crippen molar-refractivity contribution >= 4 is 22.5 Å². The number of aromatic nitrogens is 1. The van der Waals surface area contributed by atoms with E-state index in [-0.39, 0.29) is 5.78 Å². The number of amidine groups is 1. The lowest BCUT2D eigenvalue weighted by atomic mass is 10.0. The van der Waals surface area contributed by atoms with Gasteiger partial charge < -0.3 is 24.5 Å². The Morgan fingerprint density at radius 3 is 2.46 bits per heavy atom. The van der Waals surface area contributed by atoms with E-state index in [0.717, 1.165) is 16.5 Å².